The summed E-state index contributed by atoms with van der Waals surface area (Å²) >= 11 is 0. The number of halogens is 1. The number of fused-ring (bicyclic) bond motifs is 1. The van der Waals surface area contributed by atoms with Gasteiger partial charge in [-0.15, -0.1) is 17.0 Å². The van der Waals surface area contributed by atoms with E-state index in [-0.39, 0.29) is 23.1 Å². The summed E-state index contributed by atoms with van der Waals surface area (Å²) in [4.78, 5) is 2.10. The molecule has 0 aliphatic carbocycles. The maximum atomic E-state index is 7.91. The number of hydrogen-bond acceptors (Lipinski definition) is 3. The van der Waals surface area contributed by atoms with Crippen molar-refractivity contribution in [1.82, 2.24) is 4.90 Å². The first-order valence-electron chi connectivity index (χ1n) is 6.45. The summed E-state index contributed by atoms with van der Waals surface area (Å²) in [7, 11) is 1.67. The Kier molecular flexibility index (Phi) is 4.34. The second kappa shape index (κ2) is 5.82. The number of benzene rings is 1. The van der Waals surface area contributed by atoms with Gasteiger partial charge in [-0.2, -0.15) is 0 Å². The second-order valence-electron chi connectivity index (χ2n) is 4.87. The highest BCUT2D eigenvalue weighted by atomic mass is 79.9. The molecule has 5 heteroatoms. The molecule has 2 saturated heterocycles. The largest absolute Gasteiger partial charge is 0.497 e. The molecule has 0 aromatic heterocycles. The van der Waals surface area contributed by atoms with E-state index in [9.17, 15) is 0 Å². The SMILES string of the molecule is Br.COc1ccc([C@H]2OC(=N)N3CCCC[C@@H]23)cc1. The number of hydrogen-bond donors (Lipinski definition) is 1. The minimum Gasteiger partial charge on any atom is -0.497 e. The van der Waals surface area contributed by atoms with Gasteiger partial charge in [-0.25, -0.2) is 0 Å². The van der Waals surface area contributed by atoms with Gasteiger partial charge < -0.3 is 14.4 Å². The smallest absolute Gasteiger partial charge is 0.285 e. The predicted octanol–water partition coefficient (Wildman–Crippen LogP) is 3.13. The van der Waals surface area contributed by atoms with Crippen LogP contribution in [-0.4, -0.2) is 30.6 Å². The maximum Gasteiger partial charge on any atom is 0.285 e. The Balaban J connectivity index is 0.00000133. The van der Waals surface area contributed by atoms with Crippen LogP contribution in [0, 0.1) is 5.41 Å². The summed E-state index contributed by atoms with van der Waals surface area (Å²) in [5.41, 5.74) is 1.13. The number of ether oxygens (including phenoxy) is 2. The zero-order valence-corrected chi connectivity index (χ0v) is 12.7. The topological polar surface area (TPSA) is 45.6 Å². The van der Waals surface area contributed by atoms with Gasteiger partial charge in [-0.05, 0) is 37.0 Å². The van der Waals surface area contributed by atoms with Gasteiger partial charge in [0.25, 0.3) is 6.02 Å². The lowest BCUT2D eigenvalue weighted by molar-refractivity contribution is 0.167. The van der Waals surface area contributed by atoms with E-state index in [0.29, 0.717) is 12.1 Å². The van der Waals surface area contributed by atoms with Crippen LogP contribution in [0.25, 0.3) is 0 Å². The van der Waals surface area contributed by atoms with E-state index in [0.717, 1.165) is 30.7 Å². The van der Waals surface area contributed by atoms with Crippen LogP contribution in [0.3, 0.4) is 0 Å². The molecular weight excluding hydrogens is 308 g/mol. The second-order valence-corrected chi connectivity index (χ2v) is 4.87. The van der Waals surface area contributed by atoms with Gasteiger partial charge in [0.2, 0.25) is 0 Å². The Bertz CT molecular complexity index is 449. The van der Waals surface area contributed by atoms with E-state index < -0.39 is 0 Å². The summed E-state index contributed by atoms with van der Waals surface area (Å²) < 4.78 is 10.9. The van der Waals surface area contributed by atoms with Crippen LogP contribution < -0.4 is 4.74 Å². The molecule has 2 fully saturated rings. The lowest BCUT2D eigenvalue weighted by atomic mass is 9.94. The summed E-state index contributed by atoms with van der Waals surface area (Å²) in [5, 5.41) is 7.91. The van der Waals surface area contributed by atoms with Crippen molar-refractivity contribution in [3.05, 3.63) is 29.8 Å². The zero-order valence-electron chi connectivity index (χ0n) is 11.0. The average Bonchev–Trinajstić information content (AvgIpc) is 2.77. The Morgan fingerprint density at radius 3 is 2.68 bits per heavy atom. The first kappa shape index (κ1) is 14.2. The van der Waals surface area contributed by atoms with Gasteiger partial charge in [-0.3, -0.25) is 5.41 Å². The fraction of sp³-hybridized carbons (Fsp3) is 0.500. The normalized spacial score (nSPS) is 25.3. The van der Waals surface area contributed by atoms with Gasteiger partial charge >= 0.3 is 0 Å². The van der Waals surface area contributed by atoms with E-state index in [1.165, 1.54) is 6.42 Å². The minimum absolute atomic E-state index is 0. The molecule has 0 spiro atoms. The van der Waals surface area contributed by atoms with Crippen molar-refractivity contribution < 1.29 is 9.47 Å². The Labute approximate surface area is 124 Å². The Morgan fingerprint density at radius 2 is 2.00 bits per heavy atom. The number of nitrogens with zero attached hydrogens (tertiary/aromatic N) is 1. The average molecular weight is 327 g/mol. The van der Waals surface area contributed by atoms with Gasteiger partial charge in [0.1, 0.15) is 11.9 Å². The molecule has 0 saturated carbocycles. The molecule has 1 N–H and O–H groups in total. The van der Waals surface area contributed by atoms with Crippen molar-refractivity contribution in [2.45, 2.75) is 31.4 Å². The zero-order chi connectivity index (χ0) is 12.5. The molecule has 0 radical (unpaired) electrons. The van der Waals surface area contributed by atoms with Crippen LogP contribution in [0.15, 0.2) is 24.3 Å². The quantitative estimate of drug-likeness (QED) is 0.908. The monoisotopic (exact) mass is 326 g/mol. The fourth-order valence-corrected chi connectivity index (χ4v) is 2.87. The molecule has 0 amide bonds. The van der Waals surface area contributed by atoms with E-state index in [2.05, 4.69) is 4.90 Å². The van der Waals surface area contributed by atoms with Crippen molar-refractivity contribution in [2.24, 2.45) is 0 Å². The van der Waals surface area contributed by atoms with Crippen LogP contribution >= 0.6 is 17.0 Å². The number of nitrogens with one attached hydrogen (secondary N) is 1. The molecular formula is C14H19BrN2O2. The van der Waals surface area contributed by atoms with E-state index >= 15 is 0 Å². The van der Waals surface area contributed by atoms with Crippen molar-refractivity contribution >= 4 is 23.0 Å². The molecule has 2 aliphatic heterocycles. The molecule has 0 bridgehead atoms. The number of methoxy groups -OCH3 is 1. The van der Waals surface area contributed by atoms with Crippen molar-refractivity contribution in [2.75, 3.05) is 13.7 Å². The van der Waals surface area contributed by atoms with Crippen molar-refractivity contribution in [3.8, 4) is 5.75 Å². The highest BCUT2D eigenvalue weighted by Gasteiger charge is 2.41. The summed E-state index contributed by atoms with van der Waals surface area (Å²) in [5.74, 6) is 0.854. The predicted molar refractivity (Wildman–Crippen MR) is 79.2 cm³/mol. The molecule has 2 aliphatic rings. The van der Waals surface area contributed by atoms with Gasteiger partial charge in [0, 0.05) is 6.54 Å². The van der Waals surface area contributed by atoms with Crippen LogP contribution in [0.5, 0.6) is 5.75 Å². The molecule has 1 aromatic carbocycles. The third kappa shape index (κ3) is 2.56. The van der Waals surface area contributed by atoms with Crippen molar-refractivity contribution in [3.63, 3.8) is 0 Å². The summed E-state index contributed by atoms with van der Waals surface area (Å²) in [6, 6.07) is 8.64. The number of rotatable bonds is 2. The molecule has 4 nitrogen and oxygen atoms in total. The van der Waals surface area contributed by atoms with Crippen LogP contribution in [0.4, 0.5) is 0 Å². The summed E-state index contributed by atoms with van der Waals surface area (Å²) in [6.45, 7) is 0.955. The Hall–Kier alpha value is -1.23. The highest BCUT2D eigenvalue weighted by molar-refractivity contribution is 8.93. The highest BCUT2D eigenvalue weighted by Crippen LogP contribution is 2.37. The van der Waals surface area contributed by atoms with Crippen molar-refractivity contribution in [1.29, 1.82) is 5.41 Å². The van der Waals surface area contributed by atoms with E-state index in [4.69, 9.17) is 14.9 Å². The third-order valence-electron chi connectivity index (χ3n) is 3.84. The summed E-state index contributed by atoms with van der Waals surface area (Å²) in [6.07, 6.45) is 3.50. The number of amidine groups is 1. The molecule has 104 valence electrons. The van der Waals surface area contributed by atoms with Crippen LogP contribution in [-0.2, 0) is 4.74 Å². The van der Waals surface area contributed by atoms with Gasteiger partial charge in [0.05, 0.1) is 13.2 Å². The lowest BCUT2D eigenvalue weighted by Crippen LogP contribution is -2.38. The molecule has 1 aromatic rings. The van der Waals surface area contributed by atoms with Gasteiger partial charge in [-0.1, -0.05) is 12.1 Å². The molecule has 0 unspecified atom stereocenters. The van der Waals surface area contributed by atoms with E-state index in [1.807, 2.05) is 24.3 Å². The fourth-order valence-electron chi connectivity index (χ4n) is 2.87. The molecule has 19 heavy (non-hydrogen) atoms. The molecule has 2 atom stereocenters. The Morgan fingerprint density at radius 1 is 1.26 bits per heavy atom. The first-order chi connectivity index (χ1) is 8.79. The molecule has 3 rings (SSSR count). The number of piperidine rings is 1. The van der Waals surface area contributed by atoms with Crippen LogP contribution in [0.1, 0.15) is 30.9 Å². The third-order valence-corrected chi connectivity index (χ3v) is 3.84. The van der Waals surface area contributed by atoms with E-state index in [1.54, 1.807) is 7.11 Å². The van der Waals surface area contributed by atoms with Crippen LogP contribution in [0.2, 0.25) is 0 Å². The lowest BCUT2D eigenvalue weighted by Gasteiger charge is -2.29. The molecule has 2 heterocycles. The standard InChI is InChI=1S/C14H18N2O2.BrH/c1-17-11-7-5-10(6-8-11)13-12-4-2-3-9-16(12)14(15)18-13;/h5-8,12-13,15H,2-4,9H2,1H3;1H/t12-,13+;/m0./s1. The maximum absolute atomic E-state index is 7.91. The first-order valence-corrected chi connectivity index (χ1v) is 6.45. The minimum atomic E-state index is 0. The van der Waals surface area contributed by atoms with Gasteiger partial charge in [0.15, 0.2) is 0 Å².